The summed E-state index contributed by atoms with van der Waals surface area (Å²) in [6.45, 7) is 0. The highest BCUT2D eigenvalue weighted by molar-refractivity contribution is 7.14. The van der Waals surface area contributed by atoms with Crippen LogP contribution in [0, 0.1) is 0 Å². The minimum absolute atomic E-state index is 0.308. The average molecular weight is 344 g/mol. The first kappa shape index (κ1) is 13.6. The number of nitrogens with zero attached hydrogens (tertiary/aromatic N) is 2. The van der Waals surface area contributed by atoms with Gasteiger partial charge in [0.1, 0.15) is 11.0 Å². The minimum Gasteiger partial charge on any atom is -0.478 e. The third-order valence-electron chi connectivity index (χ3n) is 3.34. The van der Waals surface area contributed by atoms with Crippen LogP contribution in [0.3, 0.4) is 0 Å². The first-order valence-corrected chi connectivity index (χ1v) is 8.85. The molecule has 1 aromatic carbocycles. The van der Waals surface area contributed by atoms with Crippen LogP contribution < -0.4 is 0 Å². The van der Waals surface area contributed by atoms with Crippen LogP contribution in [0.4, 0.5) is 0 Å². The molecular weight excluding hydrogens is 336 g/mol. The van der Waals surface area contributed by atoms with E-state index in [2.05, 4.69) is 8.75 Å². The second-order valence-corrected chi connectivity index (χ2v) is 6.96. The predicted molar refractivity (Wildman–Crippen MR) is 91.0 cm³/mol. The van der Waals surface area contributed by atoms with Gasteiger partial charge in [-0.3, -0.25) is 0 Å². The summed E-state index contributed by atoms with van der Waals surface area (Å²) < 4.78 is 8.81. The van der Waals surface area contributed by atoms with Gasteiger partial charge in [-0.05, 0) is 22.9 Å². The van der Waals surface area contributed by atoms with Crippen LogP contribution in [-0.2, 0) is 0 Å². The summed E-state index contributed by atoms with van der Waals surface area (Å²) in [4.78, 5) is 13.2. The van der Waals surface area contributed by atoms with Crippen LogP contribution in [-0.4, -0.2) is 19.8 Å². The Labute approximate surface area is 137 Å². The van der Waals surface area contributed by atoms with E-state index in [1.807, 2.05) is 29.6 Å². The Bertz CT molecular complexity index is 970. The molecule has 0 saturated heterocycles. The van der Waals surface area contributed by atoms with Gasteiger partial charge in [-0.1, -0.05) is 18.2 Å². The molecule has 4 nitrogen and oxygen atoms in total. The second-order valence-electron chi connectivity index (χ2n) is 4.57. The van der Waals surface area contributed by atoms with Crippen molar-refractivity contribution in [3.63, 3.8) is 0 Å². The minimum atomic E-state index is -0.921. The number of fused-ring (bicyclic) bond motifs is 1. The van der Waals surface area contributed by atoms with Crippen LogP contribution in [0.25, 0.3) is 31.9 Å². The Morgan fingerprint density at radius 1 is 0.955 bits per heavy atom. The van der Waals surface area contributed by atoms with E-state index >= 15 is 0 Å². The number of carbonyl (C=O) groups is 1. The fourth-order valence-electron chi connectivity index (χ4n) is 2.37. The fraction of sp³-hybridized carbons (Fsp3) is 0. The standard InChI is InChI=1S/C15H8N2O2S3/c18-15(19)10-5-7-21-14(10)9-4-3-8(11-2-1-6-20-11)12-13(9)17-22-16-12/h1-7H,(H,18,19). The number of rotatable bonds is 3. The van der Waals surface area contributed by atoms with Gasteiger partial charge in [0.2, 0.25) is 0 Å². The number of benzene rings is 1. The molecule has 1 N–H and O–H groups in total. The van der Waals surface area contributed by atoms with E-state index in [0.717, 1.165) is 43.6 Å². The van der Waals surface area contributed by atoms with Gasteiger partial charge < -0.3 is 5.11 Å². The molecule has 0 bridgehead atoms. The molecular formula is C15H8N2O2S3. The number of hydrogen-bond donors (Lipinski definition) is 1. The number of hydrogen-bond acceptors (Lipinski definition) is 6. The van der Waals surface area contributed by atoms with Crippen molar-refractivity contribution in [3.05, 3.63) is 46.7 Å². The predicted octanol–water partition coefficient (Wildman–Crippen LogP) is 4.85. The maximum Gasteiger partial charge on any atom is 0.337 e. The molecule has 108 valence electrons. The lowest BCUT2D eigenvalue weighted by molar-refractivity contribution is 0.0698. The summed E-state index contributed by atoms with van der Waals surface area (Å²) in [7, 11) is 0. The smallest absolute Gasteiger partial charge is 0.337 e. The molecule has 0 unspecified atom stereocenters. The van der Waals surface area contributed by atoms with Crippen LogP contribution in [0.2, 0.25) is 0 Å². The van der Waals surface area contributed by atoms with Crippen molar-refractivity contribution < 1.29 is 9.90 Å². The Morgan fingerprint density at radius 3 is 2.45 bits per heavy atom. The van der Waals surface area contributed by atoms with E-state index in [4.69, 9.17) is 0 Å². The van der Waals surface area contributed by atoms with Crippen molar-refractivity contribution in [1.82, 2.24) is 8.75 Å². The van der Waals surface area contributed by atoms with Crippen molar-refractivity contribution in [2.45, 2.75) is 0 Å². The number of thiophene rings is 2. The summed E-state index contributed by atoms with van der Waals surface area (Å²) in [5.74, 6) is -0.921. The number of aromatic carboxylic acids is 1. The zero-order valence-electron chi connectivity index (χ0n) is 11.0. The molecule has 4 aromatic rings. The second kappa shape index (κ2) is 5.28. The molecule has 0 aliphatic carbocycles. The summed E-state index contributed by atoms with van der Waals surface area (Å²) in [6, 6.07) is 9.61. The van der Waals surface area contributed by atoms with Crippen molar-refractivity contribution in [2.75, 3.05) is 0 Å². The van der Waals surface area contributed by atoms with Crippen LogP contribution in [0.15, 0.2) is 41.1 Å². The quantitative estimate of drug-likeness (QED) is 0.577. The maximum atomic E-state index is 11.4. The summed E-state index contributed by atoms with van der Waals surface area (Å²) in [6.07, 6.45) is 0. The van der Waals surface area contributed by atoms with Gasteiger partial charge in [-0.15, -0.1) is 22.7 Å². The molecule has 0 amide bonds. The molecule has 4 rings (SSSR count). The summed E-state index contributed by atoms with van der Waals surface area (Å²) in [5, 5.41) is 13.1. The Hall–Kier alpha value is -2.09. The largest absolute Gasteiger partial charge is 0.478 e. The fourth-order valence-corrected chi connectivity index (χ4v) is 4.61. The van der Waals surface area contributed by atoms with E-state index in [1.54, 1.807) is 22.8 Å². The average Bonchev–Trinajstić information content (AvgIpc) is 3.25. The lowest BCUT2D eigenvalue weighted by Gasteiger charge is -2.04. The van der Waals surface area contributed by atoms with Crippen LogP contribution in [0.5, 0.6) is 0 Å². The van der Waals surface area contributed by atoms with Crippen molar-refractivity contribution >= 4 is 51.4 Å². The first-order chi connectivity index (χ1) is 10.8. The van der Waals surface area contributed by atoms with Gasteiger partial charge in [-0.25, -0.2) is 4.79 Å². The molecule has 3 heterocycles. The van der Waals surface area contributed by atoms with Gasteiger partial charge in [-0.2, -0.15) is 8.75 Å². The molecule has 0 saturated carbocycles. The number of carboxylic acids is 1. The number of carboxylic acid groups (broad SMARTS) is 1. The van der Waals surface area contributed by atoms with E-state index in [-0.39, 0.29) is 0 Å². The van der Waals surface area contributed by atoms with Gasteiger partial charge in [0.25, 0.3) is 0 Å². The van der Waals surface area contributed by atoms with Gasteiger partial charge in [0.15, 0.2) is 0 Å². The normalized spacial score (nSPS) is 11.1. The maximum absolute atomic E-state index is 11.4. The molecule has 0 atom stereocenters. The molecule has 0 fully saturated rings. The van der Waals surface area contributed by atoms with Gasteiger partial charge in [0.05, 0.1) is 22.2 Å². The molecule has 0 radical (unpaired) electrons. The Morgan fingerprint density at radius 2 is 1.73 bits per heavy atom. The van der Waals surface area contributed by atoms with Crippen molar-refractivity contribution in [1.29, 1.82) is 0 Å². The Balaban J connectivity index is 1.98. The lowest BCUT2D eigenvalue weighted by atomic mass is 10.0. The van der Waals surface area contributed by atoms with Crippen molar-refractivity contribution in [2.24, 2.45) is 0 Å². The van der Waals surface area contributed by atoms with E-state index in [1.165, 1.54) is 11.3 Å². The van der Waals surface area contributed by atoms with Crippen molar-refractivity contribution in [3.8, 4) is 20.9 Å². The Kier molecular flexibility index (Phi) is 3.25. The molecule has 3 aromatic heterocycles. The zero-order chi connectivity index (χ0) is 15.1. The van der Waals surface area contributed by atoms with E-state index < -0.39 is 5.97 Å². The molecule has 7 heteroatoms. The summed E-state index contributed by atoms with van der Waals surface area (Å²) >= 11 is 4.21. The lowest BCUT2D eigenvalue weighted by Crippen LogP contribution is -1.96. The van der Waals surface area contributed by atoms with E-state index in [0.29, 0.717) is 5.56 Å². The summed E-state index contributed by atoms with van der Waals surface area (Å²) in [5.41, 5.74) is 3.77. The SMILES string of the molecule is O=C(O)c1ccsc1-c1ccc(-c2cccs2)c2nsnc12. The zero-order valence-corrected chi connectivity index (χ0v) is 13.5. The van der Waals surface area contributed by atoms with E-state index in [9.17, 15) is 9.90 Å². The molecule has 0 aliphatic heterocycles. The van der Waals surface area contributed by atoms with Crippen LogP contribution in [0.1, 0.15) is 10.4 Å². The third-order valence-corrected chi connectivity index (χ3v) is 5.72. The molecule has 0 aliphatic rings. The van der Waals surface area contributed by atoms with Gasteiger partial charge in [0, 0.05) is 16.0 Å². The third kappa shape index (κ3) is 2.06. The molecule has 22 heavy (non-hydrogen) atoms. The monoisotopic (exact) mass is 344 g/mol. The number of aromatic nitrogens is 2. The topological polar surface area (TPSA) is 63.1 Å². The molecule has 0 spiro atoms. The van der Waals surface area contributed by atoms with Gasteiger partial charge >= 0.3 is 5.97 Å². The van der Waals surface area contributed by atoms with Crippen LogP contribution >= 0.6 is 34.4 Å². The highest BCUT2D eigenvalue weighted by atomic mass is 32.1. The highest BCUT2D eigenvalue weighted by Crippen LogP contribution is 2.39. The first-order valence-electron chi connectivity index (χ1n) is 6.36. The highest BCUT2D eigenvalue weighted by Gasteiger charge is 2.19.